The Labute approximate surface area is 186 Å². The van der Waals surface area contributed by atoms with Gasteiger partial charge in [0.05, 0.1) is 0 Å². The Kier molecular flexibility index (Phi) is 6.36. The molecular formula is C29H46O. The summed E-state index contributed by atoms with van der Waals surface area (Å²) in [6.45, 7) is 12.6. The predicted molar refractivity (Wildman–Crippen MR) is 127 cm³/mol. The number of rotatable bonds is 6. The molecule has 1 nitrogen and oxygen atoms in total. The zero-order chi connectivity index (χ0) is 21.5. The summed E-state index contributed by atoms with van der Waals surface area (Å²) in [7, 11) is 0. The first-order chi connectivity index (χ1) is 14.3. The molecule has 168 valence electrons. The highest BCUT2D eigenvalue weighted by Gasteiger charge is 2.59. The standard InChI is InChI=1S/C29H46O/c1-7-30-23-15-17-28(5)22(19-23)11-12-24-26-14-13-25(21(4)10-8-9-20(2)3)29(26,6)18-16-27(24)28/h1,11,20-21,23-27H,8-10,12-19H2,2-6H3/t21-,23+,24+,25-,26+,27+,28+,29-/m1/s1. The van der Waals surface area contributed by atoms with Crippen molar-refractivity contribution >= 4 is 0 Å². The van der Waals surface area contributed by atoms with Gasteiger partial charge in [0, 0.05) is 6.42 Å². The van der Waals surface area contributed by atoms with Crippen LogP contribution in [0.15, 0.2) is 11.6 Å². The third-order valence-electron chi connectivity index (χ3n) is 10.5. The van der Waals surface area contributed by atoms with Gasteiger partial charge in [-0.15, -0.1) is 0 Å². The smallest absolute Gasteiger partial charge is 0.114 e. The van der Waals surface area contributed by atoms with Crippen LogP contribution >= 0.6 is 0 Å². The van der Waals surface area contributed by atoms with E-state index in [0.29, 0.717) is 10.8 Å². The minimum absolute atomic E-state index is 0.252. The largest absolute Gasteiger partial charge is 0.443 e. The Morgan fingerprint density at radius 3 is 2.60 bits per heavy atom. The van der Waals surface area contributed by atoms with Crippen LogP contribution in [0.2, 0.25) is 0 Å². The van der Waals surface area contributed by atoms with Gasteiger partial charge in [0.1, 0.15) is 12.2 Å². The van der Waals surface area contributed by atoms with Crippen LogP contribution in [-0.4, -0.2) is 6.10 Å². The Bertz CT molecular complexity index is 683. The molecule has 8 atom stereocenters. The number of fused-ring (bicyclic) bond motifs is 5. The van der Waals surface area contributed by atoms with E-state index in [1.807, 2.05) is 0 Å². The van der Waals surface area contributed by atoms with Crippen molar-refractivity contribution in [3.8, 4) is 12.5 Å². The SMILES string of the molecule is C#CO[C@H]1CC[C@@]2(C)C(=CC[C@H]3[C@@H]4CC[C@H]([C@H](C)CCCC(C)C)[C@@]4(C)CC[C@@H]32)C1. The summed E-state index contributed by atoms with van der Waals surface area (Å²) >= 11 is 0. The first kappa shape index (κ1) is 22.3. The maximum Gasteiger partial charge on any atom is 0.114 e. The molecule has 0 amide bonds. The molecule has 4 rings (SSSR count). The van der Waals surface area contributed by atoms with Gasteiger partial charge in [-0.3, -0.25) is 0 Å². The molecule has 4 aliphatic rings. The highest BCUT2D eigenvalue weighted by atomic mass is 16.5. The molecule has 0 heterocycles. The molecule has 30 heavy (non-hydrogen) atoms. The number of allylic oxidation sites excluding steroid dienone is 1. The Hall–Kier alpha value is -0.900. The van der Waals surface area contributed by atoms with Crippen molar-refractivity contribution < 1.29 is 4.74 Å². The molecule has 0 saturated heterocycles. The minimum Gasteiger partial charge on any atom is -0.443 e. The molecule has 0 unspecified atom stereocenters. The second-order valence-corrected chi connectivity index (χ2v) is 12.4. The van der Waals surface area contributed by atoms with E-state index >= 15 is 0 Å². The lowest BCUT2D eigenvalue weighted by atomic mass is 9.47. The van der Waals surface area contributed by atoms with Gasteiger partial charge in [0.2, 0.25) is 0 Å². The summed E-state index contributed by atoms with van der Waals surface area (Å²) in [5, 5.41) is 0. The fourth-order valence-corrected chi connectivity index (χ4v) is 8.85. The summed E-state index contributed by atoms with van der Waals surface area (Å²) in [6, 6.07) is 0. The van der Waals surface area contributed by atoms with Gasteiger partial charge in [-0.25, -0.2) is 0 Å². The Morgan fingerprint density at radius 2 is 1.87 bits per heavy atom. The van der Waals surface area contributed by atoms with Crippen LogP contribution in [0.4, 0.5) is 0 Å². The van der Waals surface area contributed by atoms with E-state index in [0.717, 1.165) is 48.3 Å². The first-order valence-electron chi connectivity index (χ1n) is 13.1. The molecule has 1 heteroatoms. The maximum absolute atomic E-state index is 5.57. The lowest BCUT2D eigenvalue weighted by Crippen LogP contribution is -2.50. The van der Waals surface area contributed by atoms with Gasteiger partial charge in [-0.05, 0) is 91.3 Å². The van der Waals surface area contributed by atoms with E-state index < -0.39 is 0 Å². The summed E-state index contributed by atoms with van der Waals surface area (Å²) < 4.78 is 5.57. The van der Waals surface area contributed by atoms with E-state index in [1.165, 1.54) is 57.8 Å². The molecule has 0 aromatic carbocycles. The lowest BCUT2D eigenvalue weighted by molar-refractivity contribution is -0.0572. The summed E-state index contributed by atoms with van der Waals surface area (Å²) in [5.41, 5.74) is 2.67. The van der Waals surface area contributed by atoms with Gasteiger partial charge in [0.15, 0.2) is 0 Å². The molecule has 0 N–H and O–H groups in total. The molecule has 3 saturated carbocycles. The zero-order valence-electron chi connectivity index (χ0n) is 20.4. The fourth-order valence-electron chi connectivity index (χ4n) is 8.85. The molecule has 0 aromatic heterocycles. The highest BCUT2D eigenvalue weighted by molar-refractivity contribution is 5.25. The molecule has 3 fully saturated rings. The van der Waals surface area contributed by atoms with E-state index in [-0.39, 0.29) is 6.10 Å². The van der Waals surface area contributed by atoms with Crippen LogP contribution in [0.5, 0.6) is 0 Å². The molecule has 0 bridgehead atoms. The van der Waals surface area contributed by atoms with Crippen LogP contribution < -0.4 is 0 Å². The zero-order valence-corrected chi connectivity index (χ0v) is 20.4. The quantitative estimate of drug-likeness (QED) is 0.318. The first-order valence-corrected chi connectivity index (χ1v) is 13.1. The number of hydrogen-bond acceptors (Lipinski definition) is 1. The van der Waals surface area contributed by atoms with Crippen LogP contribution in [0.25, 0.3) is 0 Å². The lowest BCUT2D eigenvalue weighted by Gasteiger charge is -2.58. The summed E-state index contributed by atoms with van der Waals surface area (Å²) in [5.74, 6) is 5.45. The van der Waals surface area contributed by atoms with E-state index in [1.54, 1.807) is 5.57 Å². The van der Waals surface area contributed by atoms with Gasteiger partial charge in [-0.2, -0.15) is 0 Å². The van der Waals surface area contributed by atoms with Gasteiger partial charge < -0.3 is 4.74 Å². The molecule has 4 aliphatic carbocycles. The third kappa shape index (κ3) is 3.76. The van der Waals surface area contributed by atoms with Crippen LogP contribution in [-0.2, 0) is 4.74 Å². The van der Waals surface area contributed by atoms with E-state index in [4.69, 9.17) is 11.2 Å². The van der Waals surface area contributed by atoms with Crippen molar-refractivity contribution in [1.82, 2.24) is 0 Å². The average Bonchev–Trinajstić information content (AvgIpc) is 3.05. The van der Waals surface area contributed by atoms with E-state index in [9.17, 15) is 0 Å². The third-order valence-corrected chi connectivity index (χ3v) is 10.5. The number of ether oxygens (including phenoxy) is 1. The van der Waals surface area contributed by atoms with Crippen LogP contribution in [0.3, 0.4) is 0 Å². The predicted octanol–water partition coefficient (Wildman–Crippen LogP) is 8.00. The Balaban J connectivity index is 1.48. The van der Waals surface area contributed by atoms with Crippen LogP contribution in [0, 0.1) is 58.9 Å². The van der Waals surface area contributed by atoms with Crippen molar-refractivity contribution in [2.24, 2.45) is 46.3 Å². The van der Waals surface area contributed by atoms with Gasteiger partial charge >= 0.3 is 0 Å². The average molecular weight is 411 g/mol. The highest BCUT2D eigenvalue weighted by Crippen LogP contribution is 2.67. The Morgan fingerprint density at radius 1 is 1.07 bits per heavy atom. The normalized spacial score (nSPS) is 43.8. The van der Waals surface area contributed by atoms with Gasteiger partial charge in [0.25, 0.3) is 0 Å². The van der Waals surface area contributed by atoms with Crippen molar-refractivity contribution in [2.45, 2.75) is 111 Å². The monoisotopic (exact) mass is 410 g/mol. The van der Waals surface area contributed by atoms with Crippen molar-refractivity contribution in [3.63, 3.8) is 0 Å². The topological polar surface area (TPSA) is 9.23 Å². The number of hydrogen-bond donors (Lipinski definition) is 0. The second kappa shape index (κ2) is 8.56. The van der Waals surface area contributed by atoms with Crippen molar-refractivity contribution in [2.75, 3.05) is 0 Å². The van der Waals surface area contributed by atoms with Crippen molar-refractivity contribution in [1.29, 1.82) is 0 Å². The van der Waals surface area contributed by atoms with Crippen LogP contribution in [0.1, 0.15) is 105 Å². The molecule has 0 aliphatic heterocycles. The minimum atomic E-state index is 0.252. The summed E-state index contributed by atoms with van der Waals surface area (Å²) in [6.07, 6.45) is 25.7. The fraction of sp³-hybridized carbons (Fsp3) is 0.862. The second-order valence-electron chi connectivity index (χ2n) is 12.4. The molecule has 0 spiro atoms. The maximum atomic E-state index is 5.57. The van der Waals surface area contributed by atoms with E-state index in [2.05, 4.69) is 46.8 Å². The van der Waals surface area contributed by atoms with Crippen molar-refractivity contribution in [3.05, 3.63) is 11.6 Å². The molecular weight excluding hydrogens is 364 g/mol. The molecule has 0 radical (unpaired) electrons. The molecule has 0 aromatic rings. The summed E-state index contributed by atoms with van der Waals surface area (Å²) in [4.78, 5) is 0. The number of terminal acetylenes is 1. The van der Waals surface area contributed by atoms with Gasteiger partial charge in [-0.1, -0.05) is 72.0 Å².